The van der Waals surface area contributed by atoms with Crippen LogP contribution in [0, 0.1) is 0 Å². The lowest BCUT2D eigenvalue weighted by Gasteiger charge is -2.19. The largest absolute Gasteiger partial charge is 0.357 e. The zero-order valence-electron chi connectivity index (χ0n) is 16.0. The third kappa shape index (κ3) is 5.96. The van der Waals surface area contributed by atoms with Gasteiger partial charge in [0, 0.05) is 43.0 Å². The predicted molar refractivity (Wildman–Crippen MR) is 127 cm³/mol. The summed E-state index contributed by atoms with van der Waals surface area (Å²) in [5, 5.41) is 10.7. The molecule has 0 atom stereocenters. The Balaban J connectivity index is 0.00000261. The molecule has 8 heteroatoms. The van der Waals surface area contributed by atoms with E-state index in [0.717, 1.165) is 34.9 Å². The van der Waals surface area contributed by atoms with Crippen LogP contribution >= 0.6 is 46.9 Å². The van der Waals surface area contributed by atoms with Crippen molar-refractivity contribution >= 4 is 58.0 Å². The van der Waals surface area contributed by atoms with Gasteiger partial charge in [-0.2, -0.15) is 0 Å². The minimum atomic E-state index is 0. The van der Waals surface area contributed by atoms with E-state index in [2.05, 4.69) is 40.1 Å². The highest BCUT2D eigenvalue weighted by molar-refractivity contribution is 14.0. The molecule has 0 radical (unpaired) electrons. The number of guanidine groups is 1. The SMILES string of the molecule is CCNC(=NCc1csc(N(C)C)n1)NCC1(c2cccc(Cl)c2)CC1.I. The van der Waals surface area contributed by atoms with Gasteiger partial charge in [0.05, 0.1) is 12.2 Å². The molecule has 2 N–H and O–H groups in total. The third-order valence-electron chi connectivity index (χ3n) is 4.55. The minimum absolute atomic E-state index is 0. The molecule has 0 amide bonds. The van der Waals surface area contributed by atoms with Gasteiger partial charge in [0.25, 0.3) is 0 Å². The molecule has 1 aliphatic rings. The van der Waals surface area contributed by atoms with E-state index in [4.69, 9.17) is 16.6 Å². The van der Waals surface area contributed by atoms with Gasteiger partial charge in [0.2, 0.25) is 0 Å². The maximum Gasteiger partial charge on any atom is 0.191 e. The van der Waals surface area contributed by atoms with Crippen LogP contribution in [-0.2, 0) is 12.0 Å². The van der Waals surface area contributed by atoms with Gasteiger partial charge >= 0.3 is 0 Å². The Hall–Kier alpha value is -1.06. The predicted octanol–water partition coefficient (Wildman–Crippen LogP) is 4.27. The Labute approximate surface area is 187 Å². The van der Waals surface area contributed by atoms with Crippen molar-refractivity contribution in [1.82, 2.24) is 15.6 Å². The first kappa shape index (κ1) is 22.2. The number of nitrogens with zero attached hydrogens (tertiary/aromatic N) is 3. The fourth-order valence-electron chi connectivity index (χ4n) is 2.87. The number of aromatic nitrogens is 1. The van der Waals surface area contributed by atoms with E-state index in [1.165, 1.54) is 18.4 Å². The Bertz CT molecular complexity index is 773. The van der Waals surface area contributed by atoms with Gasteiger partial charge in [0.1, 0.15) is 0 Å². The topological polar surface area (TPSA) is 52.6 Å². The zero-order chi connectivity index (χ0) is 18.6. The fourth-order valence-corrected chi connectivity index (χ4v) is 3.81. The molecule has 1 fully saturated rings. The van der Waals surface area contributed by atoms with E-state index in [0.29, 0.717) is 6.54 Å². The van der Waals surface area contributed by atoms with Gasteiger partial charge in [-0.1, -0.05) is 23.7 Å². The molecular weight excluding hydrogens is 493 g/mol. The molecule has 0 saturated heterocycles. The summed E-state index contributed by atoms with van der Waals surface area (Å²) in [5.74, 6) is 0.834. The van der Waals surface area contributed by atoms with Gasteiger partial charge in [-0.3, -0.25) is 0 Å². The van der Waals surface area contributed by atoms with E-state index in [9.17, 15) is 0 Å². The highest BCUT2D eigenvalue weighted by Crippen LogP contribution is 2.48. The smallest absolute Gasteiger partial charge is 0.191 e. The van der Waals surface area contributed by atoms with Crippen LogP contribution in [0.4, 0.5) is 5.13 Å². The van der Waals surface area contributed by atoms with E-state index >= 15 is 0 Å². The summed E-state index contributed by atoms with van der Waals surface area (Å²) >= 11 is 7.81. The van der Waals surface area contributed by atoms with E-state index < -0.39 is 0 Å². The summed E-state index contributed by atoms with van der Waals surface area (Å²) in [4.78, 5) is 11.3. The molecule has 1 heterocycles. The van der Waals surface area contributed by atoms with Crippen LogP contribution in [0.25, 0.3) is 0 Å². The van der Waals surface area contributed by atoms with Gasteiger partial charge in [-0.15, -0.1) is 35.3 Å². The first-order valence-electron chi connectivity index (χ1n) is 8.92. The number of rotatable bonds is 7. The number of anilines is 1. The van der Waals surface area contributed by atoms with E-state index in [1.807, 2.05) is 31.1 Å². The van der Waals surface area contributed by atoms with Crippen molar-refractivity contribution < 1.29 is 0 Å². The van der Waals surface area contributed by atoms with Crippen molar-refractivity contribution in [3.05, 3.63) is 45.9 Å². The molecule has 148 valence electrons. The quantitative estimate of drug-likeness (QED) is 0.326. The molecule has 1 aromatic heterocycles. The summed E-state index contributed by atoms with van der Waals surface area (Å²) in [5.41, 5.74) is 2.48. The summed E-state index contributed by atoms with van der Waals surface area (Å²) in [6.45, 7) is 4.34. The lowest BCUT2D eigenvalue weighted by atomic mass is 9.96. The third-order valence-corrected chi connectivity index (χ3v) is 5.84. The van der Waals surface area contributed by atoms with Crippen molar-refractivity contribution in [2.75, 3.05) is 32.1 Å². The van der Waals surface area contributed by atoms with Gasteiger partial charge in [-0.25, -0.2) is 9.98 Å². The maximum atomic E-state index is 6.17. The van der Waals surface area contributed by atoms with Crippen LogP contribution in [0.15, 0.2) is 34.6 Å². The molecule has 2 aromatic rings. The summed E-state index contributed by atoms with van der Waals surface area (Å²) in [7, 11) is 4.00. The van der Waals surface area contributed by atoms with Crippen molar-refractivity contribution in [2.45, 2.75) is 31.7 Å². The molecule has 27 heavy (non-hydrogen) atoms. The molecule has 1 aliphatic carbocycles. The molecule has 5 nitrogen and oxygen atoms in total. The maximum absolute atomic E-state index is 6.17. The number of hydrogen-bond donors (Lipinski definition) is 2. The Morgan fingerprint density at radius 1 is 1.33 bits per heavy atom. The molecule has 0 aliphatic heterocycles. The van der Waals surface area contributed by atoms with Crippen molar-refractivity contribution in [3.8, 4) is 0 Å². The summed E-state index contributed by atoms with van der Waals surface area (Å²) in [6.07, 6.45) is 2.36. The lowest BCUT2D eigenvalue weighted by Crippen LogP contribution is -2.41. The Morgan fingerprint density at radius 3 is 2.70 bits per heavy atom. The van der Waals surface area contributed by atoms with Crippen LogP contribution in [0.1, 0.15) is 31.0 Å². The van der Waals surface area contributed by atoms with Gasteiger partial charge in [-0.05, 0) is 37.5 Å². The monoisotopic (exact) mass is 519 g/mol. The van der Waals surface area contributed by atoms with E-state index in [1.54, 1.807) is 11.3 Å². The number of aliphatic imine (C=N–C) groups is 1. The number of thiazole rings is 1. The molecule has 0 bridgehead atoms. The van der Waals surface area contributed by atoms with Gasteiger partial charge in [0.15, 0.2) is 11.1 Å². The minimum Gasteiger partial charge on any atom is -0.357 e. The van der Waals surface area contributed by atoms with Crippen molar-refractivity contribution in [3.63, 3.8) is 0 Å². The average molecular weight is 520 g/mol. The zero-order valence-corrected chi connectivity index (χ0v) is 19.9. The van der Waals surface area contributed by atoms with Crippen LogP contribution in [-0.4, -0.2) is 38.1 Å². The first-order valence-corrected chi connectivity index (χ1v) is 10.2. The highest BCUT2D eigenvalue weighted by atomic mass is 127. The molecule has 3 rings (SSSR count). The first-order chi connectivity index (χ1) is 12.5. The molecule has 0 spiro atoms. The Kier molecular flexibility index (Phi) is 8.18. The average Bonchev–Trinajstić information content (AvgIpc) is 3.26. The van der Waals surface area contributed by atoms with E-state index in [-0.39, 0.29) is 29.4 Å². The standard InChI is InChI=1S/C19H26ClN5S.HI/c1-4-21-17(22-11-16-12-26-18(24-16)25(2)3)23-13-19(8-9-19)14-6-5-7-15(20)10-14;/h5-7,10,12H,4,8-9,11,13H2,1-3H3,(H2,21,22,23);1H. The number of halogens is 2. The molecule has 1 saturated carbocycles. The number of benzene rings is 1. The summed E-state index contributed by atoms with van der Waals surface area (Å²) in [6, 6.07) is 8.21. The number of nitrogens with one attached hydrogen (secondary N) is 2. The van der Waals surface area contributed by atoms with Crippen LogP contribution < -0.4 is 15.5 Å². The highest BCUT2D eigenvalue weighted by Gasteiger charge is 2.44. The molecule has 1 aromatic carbocycles. The van der Waals surface area contributed by atoms with Crippen molar-refractivity contribution in [1.29, 1.82) is 0 Å². The Morgan fingerprint density at radius 2 is 2.11 bits per heavy atom. The van der Waals surface area contributed by atoms with Crippen molar-refractivity contribution in [2.24, 2.45) is 4.99 Å². The lowest BCUT2D eigenvalue weighted by molar-refractivity contribution is 0.646. The summed E-state index contributed by atoms with van der Waals surface area (Å²) < 4.78 is 0. The number of hydrogen-bond acceptors (Lipinski definition) is 4. The van der Waals surface area contributed by atoms with Crippen LogP contribution in [0.3, 0.4) is 0 Å². The second-order valence-corrected chi connectivity index (χ2v) is 8.13. The fraction of sp³-hybridized carbons (Fsp3) is 0.474. The second-order valence-electron chi connectivity index (χ2n) is 6.86. The normalized spacial score (nSPS) is 15.0. The van der Waals surface area contributed by atoms with Gasteiger partial charge < -0.3 is 15.5 Å². The van der Waals surface area contributed by atoms with Crippen LogP contribution in [0.2, 0.25) is 5.02 Å². The van der Waals surface area contributed by atoms with Crippen LogP contribution in [0.5, 0.6) is 0 Å². The second kappa shape index (κ2) is 9.93. The molecular formula is C19H27ClIN5S. The molecule has 0 unspecified atom stereocenters.